The molecule has 0 aromatic heterocycles. The zero-order valence-corrected chi connectivity index (χ0v) is 7.10. The lowest BCUT2D eigenvalue weighted by atomic mass is 9.73. The van der Waals surface area contributed by atoms with E-state index in [0.29, 0.717) is 0 Å². The van der Waals surface area contributed by atoms with Crippen LogP contribution in [0.5, 0.6) is 0 Å². The Hall–Kier alpha value is -0.700. The second kappa shape index (κ2) is 3.62. The molecule has 0 amide bonds. The van der Waals surface area contributed by atoms with E-state index in [4.69, 9.17) is 6.42 Å². The Kier molecular flexibility index (Phi) is 2.76. The van der Waals surface area contributed by atoms with Gasteiger partial charge in [0, 0.05) is 5.41 Å². The third-order valence-electron chi connectivity index (χ3n) is 2.65. The molecule has 1 aliphatic carbocycles. The van der Waals surface area contributed by atoms with Gasteiger partial charge in [-0.2, -0.15) is 0 Å². The van der Waals surface area contributed by atoms with Crippen LogP contribution in [0.4, 0.5) is 0 Å². The van der Waals surface area contributed by atoms with E-state index in [1.165, 1.54) is 32.1 Å². The van der Waals surface area contributed by atoms with Crippen LogP contribution in [0, 0.1) is 17.8 Å². The molecule has 1 rings (SSSR count). The van der Waals surface area contributed by atoms with Gasteiger partial charge in [-0.05, 0) is 19.3 Å². The van der Waals surface area contributed by atoms with Gasteiger partial charge in [0.15, 0.2) is 0 Å². The molecule has 0 bridgehead atoms. The normalized spacial score (nSPS) is 22.1. The first-order valence-corrected chi connectivity index (χ1v) is 4.42. The highest BCUT2D eigenvalue weighted by atomic mass is 14.3. The molecule has 0 aromatic carbocycles. The maximum Gasteiger partial charge on any atom is 0.0346 e. The van der Waals surface area contributed by atoms with Gasteiger partial charge in [0.25, 0.3) is 0 Å². The minimum Gasteiger partial charge on any atom is -0.120 e. The molecule has 0 heterocycles. The van der Waals surface area contributed by atoms with Gasteiger partial charge < -0.3 is 0 Å². The fourth-order valence-corrected chi connectivity index (χ4v) is 1.91. The lowest BCUT2D eigenvalue weighted by Crippen LogP contribution is -2.20. The van der Waals surface area contributed by atoms with E-state index >= 15 is 0 Å². The van der Waals surface area contributed by atoms with Crippen LogP contribution in [-0.2, 0) is 0 Å². The summed E-state index contributed by atoms with van der Waals surface area (Å²) in [6, 6.07) is 0. The molecule has 0 spiro atoms. The van der Waals surface area contributed by atoms with Gasteiger partial charge >= 0.3 is 0 Å². The predicted molar refractivity (Wildman–Crippen MR) is 49.2 cm³/mol. The van der Waals surface area contributed by atoms with E-state index in [0.717, 1.165) is 6.42 Å². The van der Waals surface area contributed by atoms with Gasteiger partial charge in [-0.15, -0.1) is 13.0 Å². The number of rotatable bonds is 2. The van der Waals surface area contributed by atoms with E-state index < -0.39 is 0 Å². The van der Waals surface area contributed by atoms with Crippen molar-refractivity contribution >= 4 is 0 Å². The highest BCUT2D eigenvalue weighted by Gasteiger charge is 2.27. The smallest absolute Gasteiger partial charge is 0.0346 e. The van der Waals surface area contributed by atoms with Crippen molar-refractivity contribution in [1.29, 1.82) is 0 Å². The van der Waals surface area contributed by atoms with Crippen LogP contribution in [0.1, 0.15) is 38.5 Å². The molecule has 11 heavy (non-hydrogen) atoms. The van der Waals surface area contributed by atoms with Crippen LogP contribution in [0.25, 0.3) is 0 Å². The predicted octanol–water partition coefficient (Wildman–Crippen LogP) is 3.15. The maximum absolute atomic E-state index is 5.53. The minimum atomic E-state index is 0.181. The molecule has 0 heteroatoms. The Bertz CT molecular complexity index is 165. The Morgan fingerprint density at radius 1 is 1.36 bits per heavy atom. The molecule has 1 fully saturated rings. The summed E-state index contributed by atoms with van der Waals surface area (Å²) in [6.45, 7) is 3.75. The van der Waals surface area contributed by atoms with Gasteiger partial charge in [0.2, 0.25) is 0 Å². The molecule has 1 saturated carbocycles. The Morgan fingerprint density at radius 2 is 2.00 bits per heavy atom. The minimum absolute atomic E-state index is 0.181. The summed E-state index contributed by atoms with van der Waals surface area (Å²) in [4.78, 5) is 0. The van der Waals surface area contributed by atoms with Crippen molar-refractivity contribution in [3.05, 3.63) is 12.7 Å². The first-order valence-electron chi connectivity index (χ1n) is 4.42. The lowest BCUT2D eigenvalue weighted by molar-refractivity contribution is 0.274. The number of terminal acetylenes is 1. The third kappa shape index (κ3) is 1.87. The zero-order valence-electron chi connectivity index (χ0n) is 7.10. The Balaban J connectivity index is 2.58. The van der Waals surface area contributed by atoms with Crippen molar-refractivity contribution in [3.63, 3.8) is 0 Å². The molecule has 0 N–H and O–H groups in total. The van der Waals surface area contributed by atoms with Crippen LogP contribution in [0.3, 0.4) is 0 Å². The molecule has 0 aliphatic heterocycles. The van der Waals surface area contributed by atoms with Crippen LogP contribution >= 0.6 is 0 Å². The van der Waals surface area contributed by atoms with Crippen LogP contribution in [0.2, 0.25) is 0 Å². The van der Waals surface area contributed by atoms with Crippen LogP contribution in [-0.4, -0.2) is 0 Å². The third-order valence-corrected chi connectivity index (χ3v) is 2.65. The number of allylic oxidation sites excluding steroid dienone is 1. The monoisotopic (exact) mass is 148 g/mol. The highest BCUT2D eigenvalue weighted by Crippen LogP contribution is 2.38. The summed E-state index contributed by atoms with van der Waals surface area (Å²) in [6.07, 6.45) is 14.9. The fourth-order valence-electron chi connectivity index (χ4n) is 1.91. The summed E-state index contributed by atoms with van der Waals surface area (Å²) >= 11 is 0. The summed E-state index contributed by atoms with van der Waals surface area (Å²) in [5.41, 5.74) is 0.181. The van der Waals surface area contributed by atoms with E-state index in [1.807, 2.05) is 6.08 Å². The second-order valence-corrected chi connectivity index (χ2v) is 3.48. The summed E-state index contributed by atoms with van der Waals surface area (Å²) < 4.78 is 0. The summed E-state index contributed by atoms with van der Waals surface area (Å²) in [5.74, 6) is 2.95. The van der Waals surface area contributed by atoms with Crippen LogP contribution in [0.15, 0.2) is 12.7 Å². The molecule has 0 atom stereocenters. The molecule has 0 unspecified atom stereocenters. The summed E-state index contributed by atoms with van der Waals surface area (Å²) in [7, 11) is 0. The molecule has 0 nitrogen and oxygen atoms in total. The Morgan fingerprint density at radius 3 is 2.45 bits per heavy atom. The fraction of sp³-hybridized carbons (Fsp3) is 0.636. The van der Waals surface area contributed by atoms with Gasteiger partial charge in [0.1, 0.15) is 0 Å². The van der Waals surface area contributed by atoms with Crippen molar-refractivity contribution in [2.75, 3.05) is 0 Å². The quantitative estimate of drug-likeness (QED) is 0.417. The van der Waals surface area contributed by atoms with Gasteiger partial charge in [-0.25, -0.2) is 0 Å². The topological polar surface area (TPSA) is 0 Å². The van der Waals surface area contributed by atoms with Crippen molar-refractivity contribution < 1.29 is 0 Å². The van der Waals surface area contributed by atoms with Crippen LogP contribution < -0.4 is 0 Å². The van der Waals surface area contributed by atoms with E-state index in [-0.39, 0.29) is 5.41 Å². The SMILES string of the molecule is C#CC1(CC=C)CCCCC1. The Labute approximate surface area is 69.7 Å². The standard InChI is InChI=1S/C11H16/c1-3-8-11(4-2)9-6-5-7-10-11/h2-3H,1,5-10H2. The van der Waals surface area contributed by atoms with E-state index in [1.54, 1.807) is 0 Å². The molecule has 60 valence electrons. The van der Waals surface area contributed by atoms with Gasteiger partial charge in [-0.3, -0.25) is 0 Å². The van der Waals surface area contributed by atoms with Gasteiger partial charge in [0.05, 0.1) is 0 Å². The average Bonchev–Trinajstić information content (AvgIpc) is 2.07. The molecular weight excluding hydrogens is 132 g/mol. The first-order chi connectivity index (χ1) is 5.33. The number of hydrogen-bond acceptors (Lipinski definition) is 0. The van der Waals surface area contributed by atoms with E-state index in [2.05, 4.69) is 12.5 Å². The highest BCUT2D eigenvalue weighted by molar-refractivity contribution is 5.09. The van der Waals surface area contributed by atoms with Gasteiger partial charge in [-0.1, -0.05) is 31.3 Å². The maximum atomic E-state index is 5.53. The zero-order chi connectivity index (χ0) is 8.16. The molecular formula is C11H16. The second-order valence-electron chi connectivity index (χ2n) is 3.48. The largest absolute Gasteiger partial charge is 0.120 e. The van der Waals surface area contributed by atoms with Crippen molar-refractivity contribution in [2.24, 2.45) is 5.41 Å². The average molecular weight is 148 g/mol. The first kappa shape index (κ1) is 8.40. The summed E-state index contributed by atoms with van der Waals surface area (Å²) in [5, 5.41) is 0. The van der Waals surface area contributed by atoms with Crippen molar-refractivity contribution in [3.8, 4) is 12.3 Å². The molecule has 0 saturated heterocycles. The number of hydrogen-bond donors (Lipinski definition) is 0. The molecule has 0 radical (unpaired) electrons. The lowest BCUT2D eigenvalue weighted by Gasteiger charge is -2.31. The van der Waals surface area contributed by atoms with Crippen molar-refractivity contribution in [2.45, 2.75) is 38.5 Å². The van der Waals surface area contributed by atoms with Crippen molar-refractivity contribution in [1.82, 2.24) is 0 Å². The molecule has 0 aromatic rings. The van der Waals surface area contributed by atoms with E-state index in [9.17, 15) is 0 Å². The molecule has 1 aliphatic rings.